The van der Waals surface area contributed by atoms with Gasteiger partial charge in [0, 0.05) is 11.3 Å². The van der Waals surface area contributed by atoms with Crippen LogP contribution in [0.2, 0.25) is 0 Å². The van der Waals surface area contributed by atoms with E-state index in [1.165, 1.54) is 5.56 Å². The van der Waals surface area contributed by atoms with Gasteiger partial charge in [-0.15, -0.1) is 0 Å². The first-order valence-corrected chi connectivity index (χ1v) is 6.49. The van der Waals surface area contributed by atoms with Gasteiger partial charge in [0.05, 0.1) is 18.6 Å². The van der Waals surface area contributed by atoms with Gasteiger partial charge in [-0.25, -0.2) is 4.98 Å². The van der Waals surface area contributed by atoms with E-state index in [1.807, 2.05) is 38.3 Å². The molecule has 0 aliphatic carbocycles. The van der Waals surface area contributed by atoms with Gasteiger partial charge in [0.25, 0.3) is 0 Å². The maximum absolute atomic E-state index is 12.4. The summed E-state index contributed by atoms with van der Waals surface area (Å²) in [5.74, 6) is 0.140. The van der Waals surface area contributed by atoms with Crippen LogP contribution in [0.25, 0.3) is 0 Å². The smallest absolute Gasteiger partial charge is 0.182 e. The number of aromatic nitrogens is 2. The van der Waals surface area contributed by atoms with E-state index >= 15 is 0 Å². The molecule has 0 aliphatic heterocycles. The minimum Gasteiger partial charge on any atom is -0.327 e. The molecule has 0 radical (unpaired) electrons. The molecule has 0 saturated heterocycles. The highest BCUT2D eigenvalue weighted by Crippen LogP contribution is 2.17. The van der Waals surface area contributed by atoms with Crippen LogP contribution in [0.5, 0.6) is 0 Å². The second-order valence-electron chi connectivity index (χ2n) is 5.22. The lowest BCUT2D eigenvalue weighted by atomic mass is 9.98. The molecule has 1 aromatic carbocycles. The van der Waals surface area contributed by atoms with E-state index in [0.29, 0.717) is 6.54 Å². The second-order valence-corrected chi connectivity index (χ2v) is 5.22. The molecule has 19 heavy (non-hydrogen) atoms. The number of rotatable bonds is 3. The third-order valence-electron chi connectivity index (χ3n) is 3.80. The van der Waals surface area contributed by atoms with E-state index in [4.69, 9.17) is 0 Å². The Kier molecular flexibility index (Phi) is 3.56. The Balaban J connectivity index is 2.30. The number of nitrogens with zero attached hydrogens (tertiary/aromatic N) is 2. The Morgan fingerprint density at radius 1 is 1.05 bits per heavy atom. The summed E-state index contributed by atoms with van der Waals surface area (Å²) in [4.78, 5) is 16.6. The molecule has 0 aliphatic rings. The highest BCUT2D eigenvalue weighted by Gasteiger charge is 2.13. The molecule has 2 rings (SSSR count). The zero-order valence-electron chi connectivity index (χ0n) is 12.2. The first-order valence-electron chi connectivity index (χ1n) is 6.49. The molecule has 0 fully saturated rings. The maximum atomic E-state index is 12.4. The van der Waals surface area contributed by atoms with E-state index in [2.05, 4.69) is 18.0 Å². The number of aryl methyl sites for hydroxylation is 4. The fraction of sp³-hybridized carbons (Fsp3) is 0.375. The van der Waals surface area contributed by atoms with Crippen molar-refractivity contribution in [1.29, 1.82) is 0 Å². The van der Waals surface area contributed by atoms with Crippen molar-refractivity contribution in [3.8, 4) is 0 Å². The SMILES string of the molecule is Cc1cc(C)c(C(=O)Cn2cnc(C)c2C)cc1C. The third kappa shape index (κ3) is 2.60. The molecule has 0 saturated carbocycles. The third-order valence-corrected chi connectivity index (χ3v) is 3.80. The number of Topliss-reactive ketones (excluding diaryl/α,β-unsaturated/α-hetero) is 1. The number of carbonyl (C=O) groups excluding carboxylic acids is 1. The molecular formula is C16H20N2O. The fourth-order valence-electron chi connectivity index (χ4n) is 2.20. The van der Waals surface area contributed by atoms with Crippen molar-refractivity contribution < 1.29 is 4.79 Å². The van der Waals surface area contributed by atoms with Crippen LogP contribution in [0.1, 0.15) is 38.4 Å². The van der Waals surface area contributed by atoms with Gasteiger partial charge >= 0.3 is 0 Å². The first kappa shape index (κ1) is 13.5. The maximum Gasteiger partial charge on any atom is 0.182 e. The summed E-state index contributed by atoms with van der Waals surface area (Å²) in [6.45, 7) is 10.4. The molecule has 0 N–H and O–H groups in total. The van der Waals surface area contributed by atoms with Crippen LogP contribution in [0.15, 0.2) is 18.5 Å². The second kappa shape index (κ2) is 5.00. The number of benzene rings is 1. The molecule has 0 unspecified atom stereocenters. The van der Waals surface area contributed by atoms with Crippen molar-refractivity contribution in [1.82, 2.24) is 9.55 Å². The Hall–Kier alpha value is -1.90. The predicted octanol–water partition coefficient (Wildman–Crippen LogP) is 3.31. The van der Waals surface area contributed by atoms with Crippen LogP contribution in [0.3, 0.4) is 0 Å². The summed E-state index contributed by atoms with van der Waals surface area (Å²) < 4.78 is 1.91. The average Bonchev–Trinajstić information content (AvgIpc) is 2.65. The lowest BCUT2D eigenvalue weighted by molar-refractivity contribution is 0.0970. The van der Waals surface area contributed by atoms with Crippen LogP contribution in [0, 0.1) is 34.6 Å². The molecular weight excluding hydrogens is 236 g/mol. The van der Waals surface area contributed by atoms with Crippen LogP contribution in [-0.4, -0.2) is 15.3 Å². The number of ketones is 1. The van der Waals surface area contributed by atoms with Crippen molar-refractivity contribution >= 4 is 5.78 Å². The molecule has 0 spiro atoms. The van der Waals surface area contributed by atoms with Crippen molar-refractivity contribution in [2.45, 2.75) is 41.2 Å². The molecule has 0 atom stereocenters. The van der Waals surface area contributed by atoms with Crippen LogP contribution >= 0.6 is 0 Å². The van der Waals surface area contributed by atoms with Crippen LogP contribution in [0.4, 0.5) is 0 Å². The molecule has 1 heterocycles. The Labute approximate surface area is 114 Å². The van der Waals surface area contributed by atoms with Gasteiger partial charge in [-0.05, 0) is 57.4 Å². The normalized spacial score (nSPS) is 10.8. The van der Waals surface area contributed by atoms with Gasteiger partial charge in [-0.1, -0.05) is 6.07 Å². The summed E-state index contributed by atoms with van der Waals surface area (Å²) in [7, 11) is 0. The van der Waals surface area contributed by atoms with Gasteiger partial charge < -0.3 is 4.57 Å². The minimum absolute atomic E-state index is 0.140. The summed E-state index contributed by atoms with van der Waals surface area (Å²) in [5.41, 5.74) is 6.27. The fourth-order valence-corrected chi connectivity index (χ4v) is 2.20. The number of hydrogen-bond donors (Lipinski definition) is 0. The largest absolute Gasteiger partial charge is 0.327 e. The number of imidazole rings is 1. The highest BCUT2D eigenvalue weighted by atomic mass is 16.1. The molecule has 3 heteroatoms. The van der Waals surface area contributed by atoms with E-state index in [-0.39, 0.29) is 5.78 Å². The molecule has 3 nitrogen and oxygen atoms in total. The van der Waals surface area contributed by atoms with Gasteiger partial charge in [-0.3, -0.25) is 4.79 Å². The first-order chi connectivity index (χ1) is 8.90. The standard InChI is InChI=1S/C16H20N2O/c1-10-6-12(3)15(7-11(10)2)16(19)8-18-9-17-13(4)14(18)5/h6-7,9H,8H2,1-5H3. The average molecular weight is 256 g/mol. The Morgan fingerprint density at radius 3 is 2.26 bits per heavy atom. The summed E-state index contributed by atoms with van der Waals surface area (Å²) in [6.07, 6.45) is 1.74. The lowest BCUT2D eigenvalue weighted by Crippen LogP contribution is -2.12. The molecule has 0 bridgehead atoms. The van der Waals surface area contributed by atoms with Gasteiger partial charge in [0.1, 0.15) is 0 Å². The topological polar surface area (TPSA) is 34.9 Å². The van der Waals surface area contributed by atoms with Crippen LogP contribution < -0.4 is 0 Å². The predicted molar refractivity (Wildman–Crippen MR) is 76.7 cm³/mol. The number of hydrogen-bond acceptors (Lipinski definition) is 2. The lowest BCUT2D eigenvalue weighted by Gasteiger charge is -2.10. The van der Waals surface area contributed by atoms with E-state index < -0.39 is 0 Å². The highest BCUT2D eigenvalue weighted by molar-refractivity contribution is 5.97. The van der Waals surface area contributed by atoms with Gasteiger partial charge in [0.15, 0.2) is 5.78 Å². The van der Waals surface area contributed by atoms with E-state index in [1.54, 1.807) is 6.33 Å². The Morgan fingerprint density at radius 2 is 1.68 bits per heavy atom. The van der Waals surface area contributed by atoms with Crippen molar-refractivity contribution in [2.24, 2.45) is 0 Å². The van der Waals surface area contributed by atoms with Crippen molar-refractivity contribution in [3.63, 3.8) is 0 Å². The zero-order chi connectivity index (χ0) is 14.2. The summed E-state index contributed by atoms with van der Waals surface area (Å²) >= 11 is 0. The zero-order valence-corrected chi connectivity index (χ0v) is 12.2. The van der Waals surface area contributed by atoms with Crippen molar-refractivity contribution in [3.05, 3.63) is 52.1 Å². The molecule has 100 valence electrons. The van der Waals surface area contributed by atoms with Gasteiger partial charge in [-0.2, -0.15) is 0 Å². The minimum atomic E-state index is 0.140. The van der Waals surface area contributed by atoms with E-state index in [0.717, 1.165) is 28.1 Å². The summed E-state index contributed by atoms with van der Waals surface area (Å²) in [6, 6.07) is 4.07. The van der Waals surface area contributed by atoms with Crippen LogP contribution in [-0.2, 0) is 6.54 Å². The number of carbonyl (C=O) groups is 1. The molecule has 1 aromatic heterocycles. The van der Waals surface area contributed by atoms with Gasteiger partial charge in [0.2, 0.25) is 0 Å². The molecule has 0 amide bonds. The van der Waals surface area contributed by atoms with Crippen molar-refractivity contribution in [2.75, 3.05) is 0 Å². The quantitative estimate of drug-likeness (QED) is 0.790. The Bertz CT molecular complexity index is 638. The monoisotopic (exact) mass is 256 g/mol. The van der Waals surface area contributed by atoms with E-state index in [9.17, 15) is 4.79 Å². The summed E-state index contributed by atoms with van der Waals surface area (Å²) in [5, 5.41) is 0. The molecule has 2 aromatic rings.